The van der Waals surface area contributed by atoms with Crippen molar-refractivity contribution in [2.45, 2.75) is 32.1 Å². The van der Waals surface area contributed by atoms with Crippen molar-refractivity contribution in [3.05, 3.63) is 41.7 Å². The molecule has 0 aromatic carbocycles. The zero-order chi connectivity index (χ0) is 16.6. The molecule has 1 unspecified atom stereocenters. The third-order valence-electron chi connectivity index (χ3n) is 3.83. The molecule has 0 fully saturated rings. The lowest BCUT2D eigenvalue weighted by atomic mass is 10.1. The first-order chi connectivity index (χ1) is 10.9. The maximum absolute atomic E-state index is 12.6. The van der Waals surface area contributed by atoms with E-state index in [0.29, 0.717) is 19.5 Å². The van der Waals surface area contributed by atoms with Crippen LogP contribution in [0, 0.1) is 0 Å². The molecule has 0 N–H and O–H groups in total. The summed E-state index contributed by atoms with van der Waals surface area (Å²) in [6.45, 7) is 2.36. The Morgan fingerprint density at radius 3 is 2.87 bits per heavy atom. The number of carbonyl (C=O) groups excluding carboxylic acids is 1. The van der Waals surface area contributed by atoms with Crippen molar-refractivity contribution in [2.75, 3.05) is 6.54 Å². The lowest BCUT2D eigenvalue weighted by molar-refractivity contribution is -0.142. The van der Waals surface area contributed by atoms with Crippen LogP contribution in [0.1, 0.15) is 29.9 Å². The van der Waals surface area contributed by atoms with Crippen molar-refractivity contribution in [1.29, 1.82) is 0 Å². The summed E-state index contributed by atoms with van der Waals surface area (Å²) >= 11 is 0. The second kappa shape index (κ2) is 5.64. The number of carbonyl (C=O) groups is 1. The van der Waals surface area contributed by atoms with Crippen LogP contribution in [0.2, 0.25) is 0 Å². The van der Waals surface area contributed by atoms with Gasteiger partial charge in [0.25, 0.3) is 0 Å². The summed E-state index contributed by atoms with van der Waals surface area (Å²) in [5.41, 5.74) is 0.750. The summed E-state index contributed by atoms with van der Waals surface area (Å²) in [6.07, 6.45) is 0.370. The average Bonchev–Trinajstić information content (AvgIpc) is 3.03. The number of rotatable bonds is 2. The highest BCUT2D eigenvalue weighted by Gasteiger charge is 2.35. The quantitative estimate of drug-likeness (QED) is 0.845. The second-order valence-corrected chi connectivity index (χ2v) is 5.36. The van der Waals surface area contributed by atoms with Gasteiger partial charge in [-0.05, 0) is 13.0 Å². The van der Waals surface area contributed by atoms with E-state index in [4.69, 9.17) is 0 Å². The molecule has 9 heteroatoms. The van der Waals surface area contributed by atoms with Gasteiger partial charge in [0.05, 0.1) is 5.69 Å². The Kier molecular flexibility index (Phi) is 3.78. The van der Waals surface area contributed by atoms with Gasteiger partial charge >= 0.3 is 6.18 Å². The molecule has 122 valence electrons. The fourth-order valence-electron chi connectivity index (χ4n) is 2.54. The van der Waals surface area contributed by atoms with Crippen LogP contribution < -0.4 is 0 Å². The third-order valence-corrected chi connectivity index (χ3v) is 3.83. The normalized spacial score (nSPS) is 16.1. The summed E-state index contributed by atoms with van der Waals surface area (Å²) < 4.78 is 38.8. The molecule has 2 aromatic heterocycles. The molecule has 1 amide bonds. The maximum Gasteiger partial charge on any atom is 0.435 e. The second-order valence-electron chi connectivity index (χ2n) is 5.36. The molecule has 3 rings (SSSR count). The minimum atomic E-state index is -4.52. The number of alkyl halides is 3. The van der Waals surface area contributed by atoms with Crippen molar-refractivity contribution in [3.63, 3.8) is 0 Å². The fourth-order valence-corrected chi connectivity index (χ4v) is 2.54. The molecule has 0 radical (unpaired) electrons. The van der Waals surface area contributed by atoms with Gasteiger partial charge in [-0.15, -0.1) is 0 Å². The Bertz CT molecular complexity index is 727. The largest absolute Gasteiger partial charge is 0.435 e. The number of fused-ring (bicyclic) bond motifs is 1. The number of aromatic nitrogens is 4. The van der Waals surface area contributed by atoms with Crippen LogP contribution in [-0.4, -0.2) is 37.1 Å². The third kappa shape index (κ3) is 3.03. The first-order valence-corrected chi connectivity index (χ1v) is 7.05. The maximum atomic E-state index is 12.6. The lowest BCUT2D eigenvalue weighted by Crippen LogP contribution is -2.40. The summed E-state index contributed by atoms with van der Waals surface area (Å²) in [5.74, 6) is -0.281. The molecule has 0 saturated carbocycles. The van der Waals surface area contributed by atoms with Crippen LogP contribution in [-0.2, 0) is 23.9 Å². The zero-order valence-electron chi connectivity index (χ0n) is 12.3. The highest BCUT2D eigenvalue weighted by molar-refractivity contribution is 5.80. The standard InChI is InChI=1S/C14H14F3N5O/c1-9(22-5-3-12(20-22)14(15,16)17)13(23)21-4-2-11-10(7-21)6-18-8-19-11/h3,5-6,8-9H,2,4,7H2,1H3. The van der Waals surface area contributed by atoms with E-state index in [-0.39, 0.29) is 5.91 Å². The van der Waals surface area contributed by atoms with E-state index in [1.165, 1.54) is 19.4 Å². The van der Waals surface area contributed by atoms with E-state index in [9.17, 15) is 18.0 Å². The average molecular weight is 325 g/mol. The number of nitrogens with zero attached hydrogens (tertiary/aromatic N) is 5. The minimum absolute atomic E-state index is 0.281. The Morgan fingerprint density at radius 2 is 2.17 bits per heavy atom. The van der Waals surface area contributed by atoms with Gasteiger partial charge in [-0.2, -0.15) is 18.3 Å². The smallest absolute Gasteiger partial charge is 0.336 e. The summed E-state index contributed by atoms with van der Waals surface area (Å²) in [7, 11) is 0. The molecule has 23 heavy (non-hydrogen) atoms. The Balaban J connectivity index is 1.75. The SMILES string of the molecule is CC(C(=O)N1CCc2ncncc2C1)n1ccc(C(F)(F)F)n1. The highest BCUT2D eigenvalue weighted by Crippen LogP contribution is 2.28. The summed E-state index contributed by atoms with van der Waals surface area (Å²) in [6, 6.07) is 0.0561. The van der Waals surface area contributed by atoms with E-state index >= 15 is 0 Å². The van der Waals surface area contributed by atoms with Crippen molar-refractivity contribution in [1.82, 2.24) is 24.6 Å². The van der Waals surface area contributed by atoms with E-state index in [2.05, 4.69) is 15.1 Å². The van der Waals surface area contributed by atoms with Crippen LogP contribution in [0.4, 0.5) is 13.2 Å². The first-order valence-electron chi connectivity index (χ1n) is 7.05. The van der Waals surface area contributed by atoms with Gasteiger partial charge in [-0.1, -0.05) is 0 Å². The fraction of sp³-hybridized carbons (Fsp3) is 0.429. The molecule has 6 nitrogen and oxygen atoms in total. The molecule has 1 aliphatic rings. The summed E-state index contributed by atoms with van der Waals surface area (Å²) in [5, 5.41) is 3.46. The summed E-state index contributed by atoms with van der Waals surface area (Å²) in [4.78, 5) is 22.2. The van der Waals surface area contributed by atoms with Gasteiger partial charge < -0.3 is 4.90 Å². The van der Waals surface area contributed by atoms with Crippen molar-refractivity contribution in [3.8, 4) is 0 Å². The van der Waals surface area contributed by atoms with Gasteiger partial charge in [-0.25, -0.2) is 9.97 Å². The predicted molar refractivity (Wildman–Crippen MR) is 73.1 cm³/mol. The predicted octanol–water partition coefficient (Wildman–Crippen LogP) is 1.84. The van der Waals surface area contributed by atoms with Gasteiger partial charge in [0.15, 0.2) is 5.69 Å². The lowest BCUT2D eigenvalue weighted by Gasteiger charge is -2.30. The topological polar surface area (TPSA) is 63.9 Å². The van der Waals surface area contributed by atoms with E-state index < -0.39 is 17.9 Å². The Morgan fingerprint density at radius 1 is 1.39 bits per heavy atom. The van der Waals surface area contributed by atoms with Crippen LogP contribution in [0.5, 0.6) is 0 Å². The number of halogens is 3. The van der Waals surface area contributed by atoms with Gasteiger partial charge in [0.1, 0.15) is 12.4 Å². The number of hydrogen-bond acceptors (Lipinski definition) is 4. The first kappa shape index (κ1) is 15.4. The molecule has 0 saturated heterocycles. The molecule has 3 heterocycles. The Hall–Kier alpha value is -2.45. The van der Waals surface area contributed by atoms with Crippen molar-refractivity contribution >= 4 is 5.91 Å². The molecular formula is C14H14F3N5O. The monoisotopic (exact) mass is 325 g/mol. The highest BCUT2D eigenvalue weighted by atomic mass is 19.4. The molecule has 0 bridgehead atoms. The minimum Gasteiger partial charge on any atom is -0.336 e. The number of amides is 1. The van der Waals surface area contributed by atoms with Crippen LogP contribution in [0.25, 0.3) is 0 Å². The Labute approximate surface area is 130 Å². The van der Waals surface area contributed by atoms with Crippen LogP contribution in [0.3, 0.4) is 0 Å². The van der Waals surface area contributed by atoms with Crippen molar-refractivity contribution in [2.24, 2.45) is 0 Å². The molecule has 0 aliphatic carbocycles. The molecule has 1 atom stereocenters. The van der Waals surface area contributed by atoms with Crippen LogP contribution in [0.15, 0.2) is 24.8 Å². The van der Waals surface area contributed by atoms with E-state index in [0.717, 1.165) is 22.0 Å². The van der Waals surface area contributed by atoms with Gasteiger partial charge in [0.2, 0.25) is 5.91 Å². The van der Waals surface area contributed by atoms with Gasteiger partial charge in [0, 0.05) is 37.5 Å². The molecule has 1 aliphatic heterocycles. The van der Waals surface area contributed by atoms with Gasteiger partial charge in [-0.3, -0.25) is 9.48 Å². The van der Waals surface area contributed by atoms with Crippen LogP contribution >= 0.6 is 0 Å². The number of hydrogen-bond donors (Lipinski definition) is 0. The molecule has 2 aromatic rings. The zero-order valence-corrected chi connectivity index (χ0v) is 12.3. The van der Waals surface area contributed by atoms with Crippen molar-refractivity contribution < 1.29 is 18.0 Å². The van der Waals surface area contributed by atoms with E-state index in [1.54, 1.807) is 11.1 Å². The van der Waals surface area contributed by atoms with E-state index in [1.807, 2.05) is 0 Å². The molecular weight excluding hydrogens is 311 g/mol. The molecule has 0 spiro atoms.